The van der Waals surface area contributed by atoms with Crippen molar-refractivity contribution in [1.29, 1.82) is 0 Å². The van der Waals surface area contributed by atoms with Crippen LogP contribution in [0.25, 0.3) is 10.2 Å². The van der Waals surface area contributed by atoms with Gasteiger partial charge in [0.1, 0.15) is 6.54 Å². The molecular formula is C16H22N4O2S. The molecule has 2 aromatic rings. The quantitative estimate of drug-likeness (QED) is 0.847. The fraction of sp³-hybridized carbons (Fsp3) is 0.625. The van der Waals surface area contributed by atoms with Gasteiger partial charge in [-0.3, -0.25) is 9.59 Å². The highest BCUT2D eigenvalue weighted by molar-refractivity contribution is 7.18. The lowest BCUT2D eigenvalue weighted by Crippen LogP contribution is -2.34. The molecule has 3 rings (SSSR count). The molecule has 0 bridgehead atoms. The van der Waals surface area contributed by atoms with Gasteiger partial charge in [0, 0.05) is 11.4 Å². The number of hydrogen-bond acceptors (Lipinski definition) is 5. The maximum Gasteiger partial charge on any atom is 0.279 e. The van der Waals surface area contributed by atoms with Crippen molar-refractivity contribution in [2.24, 2.45) is 5.92 Å². The number of rotatable bonds is 5. The average molecular weight is 334 g/mol. The molecule has 0 fully saturated rings. The third kappa shape index (κ3) is 3.29. The molecule has 6 nitrogen and oxygen atoms in total. The van der Waals surface area contributed by atoms with E-state index in [1.54, 1.807) is 11.3 Å². The Bertz CT molecular complexity index is 780. The lowest BCUT2D eigenvalue weighted by atomic mass is 9.89. The molecule has 0 saturated heterocycles. The molecule has 1 N–H and O–H groups in total. The summed E-state index contributed by atoms with van der Waals surface area (Å²) in [7, 11) is 0. The number of amides is 1. The van der Waals surface area contributed by atoms with Crippen LogP contribution in [0.4, 0.5) is 0 Å². The van der Waals surface area contributed by atoms with Crippen molar-refractivity contribution in [3.8, 4) is 0 Å². The van der Waals surface area contributed by atoms with Gasteiger partial charge in [-0.25, -0.2) is 4.68 Å². The Kier molecular flexibility index (Phi) is 4.75. The standard InChI is InChI=1S/C16H22N4O2S/c1-3-4-7-17-13(21)9-20-16(22)14-11-6-5-10(2)8-12(11)23-15(14)18-19-20/h10H,3-9H2,1-2H3,(H,17,21). The van der Waals surface area contributed by atoms with E-state index in [1.807, 2.05) is 0 Å². The van der Waals surface area contributed by atoms with Crippen LogP contribution in [-0.4, -0.2) is 27.4 Å². The minimum absolute atomic E-state index is 0.0630. The number of hydrogen-bond donors (Lipinski definition) is 1. The molecule has 1 aliphatic carbocycles. The predicted octanol–water partition coefficient (Wildman–Crippen LogP) is 1.89. The highest BCUT2D eigenvalue weighted by atomic mass is 32.1. The molecule has 1 unspecified atom stereocenters. The summed E-state index contributed by atoms with van der Waals surface area (Å²) in [5.74, 6) is 0.460. The summed E-state index contributed by atoms with van der Waals surface area (Å²) < 4.78 is 1.19. The van der Waals surface area contributed by atoms with Crippen LogP contribution in [0.15, 0.2) is 4.79 Å². The smallest absolute Gasteiger partial charge is 0.279 e. The Morgan fingerprint density at radius 2 is 2.30 bits per heavy atom. The number of thiophene rings is 1. The Labute approximate surface area is 138 Å². The molecule has 0 saturated carbocycles. The molecular weight excluding hydrogens is 312 g/mol. The van der Waals surface area contributed by atoms with E-state index in [1.165, 1.54) is 9.56 Å². The van der Waals surface area contributed by atoms with Gasteiger partial charge in [0.05, 0.1) is 5.39 Å². The monoisotopic (exact) mass is 334 g/mol. The van der Waals surface area contributed by atoms with Gasteiger partial charge in [-0.2, -0.15) is 0 Å². The summed E-state index contributed by atoms with van der Waals surface area (Å²) in [6.07, 6.45) is 4.97. The molecule has 1 aliphatic rings. The summed E-state index contributed by atoms with van der Waals surface area (Å²) in [5.41, 5.74) is 0.941. The summed E-state index contributed by atoms with van der Waals surface area (Å²) in [6.45, 7) is 4.87. The fourth-order valence-corrected chi connectivity index (χ4v) is 4.31. The molecule has 7 heteroatoms. The van der Waals surface area contributed by atoms with Gasteiger partial charge < -0.3 is 5.32 Å². The Balaban J connectivity index is 1.87. The van der Waals surface area contributed by atoms with Gasteiger partial charge >= 0.3 is 0 Å². The van der Waals surface area contributed by atoms with E-state index in [0.717, 1.165) is 37.7 Å². The normalized spacial score (nSPS) is 17.2. The van der Waals surface area contributed by atoms with E-state index in [2.05, 4.69) is 29.5 Å². The van der Waals surface area contributed by atoms with Gasteiger partial charge in [-0.15, -0.1) is 16.4 Å². The number of aryl methyl sites for hydroxylation is 1. The van der Waals surface area contributed by atoms with Crippen molar-refractivity contribution in [1.82, 2.24) is 20.3 Å². The van der Waals surface area contributed by atoms with Gasteiger partial charge in [0.15, 0.2) is 4.83 Å². The number of nitrogens with one attached hydrogen (secondary N) is 1. The number of aromatic nitrogens is 3. The molecule has 2 heterocycles. The largest absolute Gasteiger partial charge is 0.354 e. The second-order valence-corrected chi connectivity index (χ2v) is 7.37. The number of nitrogens with zero attached hydrogens (tertiary/aromatic N) is 3. The minimum Gasteiger partial charge on any atom is -0.354 e. The second kappa shape index (κ2) is 6.78. The summed E-state index contributed by atoms with van der Waals surface area (Å²) >= 11 is 1.57. The Morgan fingerprint density at radius 3 is 3.09 bits per heavy atom. The second-order valence-electron chi connectivity index (χ2n) is 6.29. The number of carbonyl (C=O) groups is 1. The van der Waals surface area contributed by atoms with Crippen LogP contribution >= 0.6 is 11.3 Å². The van der Waals surface area contributed by atoms with Crippen LogP contribution in [0.1, 0.15) is 43.6 Å². The van der Waals surface area contributed by atoms with Crippen LogP contribution < -0.4 is 10.9 Å². The van der Waals surface area contributed by atoms with Crippen LogP contribution in [0.5, 0.6) is 0 Å². The topological polar surface area (TPSA) is 76.9 Å². The van der Waals surface area contributed by atoms with Crippen LogP contribution in [0.3, 0.4) is 0 Å². The zero-order valence-electron chi connectivity index (χ0n) is 13.6. The average Bonchev–Trinajstić information content (AvgIpc) is 2.88. The van der Waals surface area contributed by atoms with Crippen LogP contribution in [0, 0.1) is 5.92 Å². The fourth-order valence-electron chi connectivity index (χ4n) is 2.99. The minimum atomic E-state index is -0.188. The van der Waals surface area contributed by atoms with Gasteiger partial charge in [-0.1, -0.05) is 25.5 Å². The molecule has 0 aromatic carbocycles. The first kappa shape index (κ1) is 16.1. The van der Waals surface area contributed by atoms with E-state index in [-0.39, 0.29) is 18.0 Å². The van der Waals surface area contributed by atoms with Gasteiger partial charge in [-0.05, 0) is 37.2 Å². The van der Waals surface area contributed by atoms with E-state index in [9.17, 15) is 9.59 Å². The summed E-state index contributed by atoms with van der Waals surface area (Å²) in [5, 5.41) is 11.6. The number of unbranched alkanes of at least 4 members (excludes halogenated alkanes) is 1. The van der Waals surface area contributed by atoms with Crippen molar-refractivity contribution in [2.75, 3.05) is 6.54 Å². The molecule has 0 radical (unpaired) electrons. The zero-order chi connectivity index (χ0) is 16.4. The van der Waals surface area contributed by atoms with Crippen molar-refractivity contribution in [2.45, 2.75) is 52.5 Å². The molecule has 0 spiro atoms. The van der Waals surface area contributed by atoms with Crippen LogP contribution in [-0.2, 0) is 24.2 Å². The molecule has 23 heavy (non-hydrogen) atoms. The highest BCUT2D eigenvalue weighted by Crippen LogP contribution is 2.35. The van der Waals surface area contributed by atoms with E-state index < -0.39 is 0 Å². The van der Waals surface area contributed by atoms with Gasteiger partial charge in [0.2, 0.25) is 5.91 Å². The summed E-state index contributed by atoms with van der Waals surface area (Å²) in [4.78, 5) is 26.6. The first-order chi connectivity index (χ1) is 11.1. The molecule has 1 atom stereocenters. The van der Waals surface area contributed by atoms with Crippen molar-refractivity contribution in [3.05, 3.63) is 20.8 Å². The lowest BCUT2D eigenvalue weighted by Gasteiger charge is -2.17. The molecule has 124 valence electrons. The third-order valence-corrected chi connectivity index (χ3v) is 5.47. The lowest BCUT2D eigenvalue weighted by molar-refractivity contribution is -0.121. The molecule has 0 aliphatic heterocycles. The maximum atomic E-state index is 12.7. The van der Waals surface area contributed by atoms with Crippen molar-refractivity contribution < 1.29 is 4.79 Å². The number of carbonyl (C=O) groups excluding carboxylic acids is 1. The zero-order valence-corrected chi connectivity index (χ0v) is 14.4. The van der Waals surface area contributed by atoms with E-state index in [0.29, 0.717) is 22.7 Å². The first-order valence-electron chi connectivity index (χ1n) is 8.25. The predicted molar refractivity (Wildman–Crippen MR) is 90.8 cm³/mol. The maximum absolute atomic E-state index is 12.7. The SMILES string of the molecule is CCCCNC(=O)Cn1nnc2sc3c(c2c1=O)CCC(C)C3. The van der Waals surface area contributed by atoms with E-state index in [4.69, 9.17) is 0 Å². The third-order valence-electron chi connectivity index (χ3n) is 4.33. The summed E-state index contributed by atoms with van der Waals surface area (Å²) in [6, 6.07) is 0. The first-order valence-corrected chi connectivity index (χ1v) is 9.06. The number of fused-ring (bicyclic) bond motifs is 3. The van der Waals surface area contributed by atoms with Gasteiger partial charge in [0.25, 0.3) is 5.56 Å². The molecule has 1 amide bonds. The van der Waals surface area contributed by atoms with Crippen molar-refractivity contribution in [3.63, 3.8) is 0 Å². The highest BCUT2D eigenvalue weighted by Gasteiger charge is 2.23. The Hall–Kier alpha value is -1.76. The van der Waals surface area contributed by atoms with Crippen LogP contribution in [0.2, 0.25) is 0 Å². The Morgan fingerprint density at radius 1 is 1.48 bits per heavy atom. The molecule has 2 aromatic heterocycles. The van der Waals surface area contributed by atoms with Crippen molar-refractivity contribution >= 4 is 27.5 Å². The van der Waals surface area contributed by atoms with E-state index >= 15 is 0 Å².